The van der Waals surface area contributed by atoms with E-state index in [2.05, 4.69) is 83.6 Å². The molecule has 8 aromatic rings. The zero-order valence-corrected chi connectivity index (χ0v) is 35.1. The molecule has 8 heterocycles. The lowest BCUT2D eigenvalue weighted by Gasteiger charge is -2.19. The molecule has 0 saturated heterocycles. The van der Waals surface area contributed by atoms with Crippen molar-refractivity contribution in [2.24, 2.45) is 0 Å². The molecule has 61 heavy (non-hydrogen) atoms. The van der Waals surface area contributed by atoms with Crippen LogP contribution < -0.4 is 16.4 Å². The van der Waals surface area contributed by atoms with Crippen molar-refractivity contribution in [1.82, 2.24) is 50.3 Å². The largest absolute Gasteiger partial charge is 0.460 e. The average Bonchev–Trinajstić information content (AvgIpc) is 3.23. The maximum absolute atomic E-state index is 12.2. The molecule has 0 spiro atoms. The summed E-state index contributed by atoms with van der Waals surface area (Å²) >= 11 is 0. The van der Waals surface area contributed by atoms with Crippen molar-refractivity contribution < 1.29 is 9.53 Å². The summed E-state index contributed by atoms with van der Waals surface area (Å²) in [5, 5.41) is 22.9. The Balaban J connectivity index is 0.000000189. The molecule has 0 saturated carbocycles. The number of fused-ring (bicyclic) bond motifs is 2. The van der Waals surface area contributed by atoms with Gasteiger partial charge in [0.1, 0.15) is 23.1 Å². The number of pyridine rings is 6. The number of hydrogen-bond donors (Lipinski definition) is 3. The van der Waals surface area contributed by atoms with Gasteiger partial charge in [0, 0.05) is 35.9 Å². The van der Waals surface area contributed by atoms with Crippen LogP contribution in [0.25, 0.3) is 44.3 Å². The summed E-state index contributed by atoms with van der Waals surface area (Å²) in [6.45, 7) is 14.0. The monoisotopic (exact) mass is 813 g/mol. The van der Waals surface area contributed by atoms with Crippen molar-refractivity contribution in [2.75, 3.05) is 16.4 Å². The third-order valence-electron chi connectivity index (χ3n) is 9.28. The highest BCUT2D eigenvalue weighted by Crippen LogP contribution is 2.27. The third-order valence-corrected chi connectivity index (χ3v) is 9.28. The third kappa shape index (κ3) is 11.1. The molecule has 0 radical (unpaired) electrons. The molecular weight excluding hydrogens is 767 g/mol. The van der Waals surface area contributed by atoms with Crippen molar-refractivity contribution in [3.63, 3.8) is 0 Å². The molecule has 0 atom stereocenters. The Morgan fingerprint density at radius 3 is 1.59 bits per heavy atom. The summed E-state index contributed by atoms with van der Waals surface area (Å²) in [4.78, 5) is 39.0. The van der Waals surface area contributed by atoms with Crippen LogP contribution in [0.2, 0.25) is 0 Å². The molecule has 308 valence electrons. The van der Waals surface area contributed by atoms with Gasteiger partial charge >= 0.3 is 5.97 Å². The quantitative estimate of drug-likeness (QED) is 0.110. The average molecular weight is 814 g/mol. The van der Waals surface area contributed by atoms with Crippen LogP contribution in [0.3, 0.4) is 0 Å². The van der Waals surface area contributed by atoms with Crippen LogP contribution in [-0.2, 0) is 16.0 Å². The Bertz CT molecular complexity index is 2820. The summed E-state index contributed by atoms with van der Waals surface area (Å²) in [6.07, 6.45) is 10.6. The molecule has 0 aliphatic heterocycles. The first-order valence-corrected chi connectivity index (χ1v) is 19.9. The number of nitrogens with one attached hydrogen (secondary N) is 2. The van der Waals surface area contributed by atoms with Crippen LogP contribution in [0.4, 0.5) is 29.1 Å². The Labute approximate surface area is 353 Å². The van der Waals surface area contributed by atoms with E-state index < -0.39 is 5.60 Å². The first-order valence-electron chi connectivity index (χ1n) is 19.9. The minimum Gasteiger partial charge on any atom is -0.460 e. The normalized spacial score (nSPS) is 11.4. The predicted molar refractivity (Wildman–Crippen MR) is 238 cm³/mol. The first-order chi connectivity index (χ1) is 29.2. The molecular formula is C46H47N13O2. The van der Waals surface area contributed by atoms with Gasteiger partial charge in [-0.05, 0) is 128 Å². The second-order valence-electron chi connectivity index (χ2n) is 16.0. The number of nitrogens with zero attached hydrogens (tertiary/aromatic N) is 10. The fourth-order valence-corrected chi connectivity index (χ4v) is 6.16. The van der Waals surface area contributed by atoms with Crippen LogP contribution in [0.15, 0.2) is 110 Å². The van der Waals surface area contributed by atoms with Gasteiger partial charge in [-0.1, -0.05) is 27.7 Å². The zero-order valence-electron chi connectivity index (χ0n) is 35.1. The molecule has 0 fully saturated rings. The molecule has 0 aliphatic carbocycles. The highest BCUT2D eigenvalue weighted by molar-refractivity contribution is 5.83. The van der Waals surface area contributed by atoms with E-state index in [9.17, 15) is 4.79 Å². The van der Waals surface area contributed by atoms with Gasteiger partial charge in [-0.3, -0.25) is 19.7 Å². The molecule has 0 aromatic carbocycles. The van der Waals surface area contributed by atoms with E-state index in [4.69, 9.17) is 15.5 Å². The van der Waals surface area contributed by atoms with Crippen molar-refractivity contribution in [2.45, 2.75) is 72.3 Å². The van der Waals surface area contributed by atoms with Crippen molar-refractivity contribution >= 4 is 57.1 Å². The van der Waals surface area contributed by atoms with Crippen molar-refractivity contribution in [1.29, 1.82) is 0 Å². The molecule has 15 nitrogen and oxygen atoms in total. The van der Waals surface area contributed by atoms with Gasteiger partial charge in [-0.25, -0.2) is 15.0 Å². The van der Waals surface area contributed by atoms with E-state index in [-0.39, 0.29) is 12.4 Å². The Kier molecular flexibility index (Phi) is 12.4. The predicted octanol–water partition coefficient (Wildman–Crippen LogP) is 9.16. The van der Waals surface area contributed by atoms with Crippen LogP contribution in [0.5, 0.6) is 0 Å². The zero-order chi connectivity index (χ0) is 43.1. The lowest BCUT2D eigenvalue weighted by molar-refractivity contribution is -0.154. The van der Waals surface area contributed by atoms with Crippen LogP contribution in [0.1, 0.15) is 77.1 Å². The minimum atomic E-state index is -0.532. The van der Waals surface area contributed by atoms with Gasteiger partial charge in [0.2, 0.25) is 0 Å². The SMILES string of the molecule is CC(C)c1cnnc(Nc2ccc3ncc(-c4ccnc(CC(=O)OC(C)(C)C)c4)cc3n2)c1.CC(C)c1cnnc(Nc2ccc3ncc(-c4ccnc(N)c4)cc3n2)c1. The Morgan fingerprint density at radius 1 is 0.590 bits per heavy atom. The number of ether oxygens (including phenoxy) is 1. The van der Waals surface area contributed by atoms with E-state index in [0.29, 0.717) is 46.6 Å². The summed E-state index contributed by atoms with van der Waals surface area (Å²) in [5.74, 6) is 3.54. The van der Waals surface area contributed by atoms with Gasteiger partial charge in [-0.2, -0.15) is 10.2 Å². The number of carbonyl (C=O) groups excluding carboxylic acids is 1. The first kappa shape index (κ1) is 41.6. The van der Waals surface area contributed by atoms with E-state index >= 15 is 0 Å². The Morgan fingerprint density at radius 2 is 1.10 bits per heavy atom. The van der Waals surface area contributed by atoms with Crippen LogP contribution in [0, 0.1) is 0 Å². The number of hydrogen-bond acceptors (Lipinski definition) is 15. The number of rotatable bonds is 10. The fourth-order valence-electron chi connectivity index (χ4n) is 6.16. The molecule has 4 N–H and O–H groups in total. The van der Waals surface area contributed by atoms with E-state index in [0.717, 1.165) is 55.4 Å². The van der Waals surface area contributed by atoms with Gasteiger partial charge in [0.05, 0.1) is 46.6 Å². The molecule has 15 heteroatoms. The molecule has 0 unspecified atom stereocenters. The second kappa shape index (κ2) is 18.2. The van der Waals surface area contributed by atoms with Gasteiger partial charge in [-0.15, -0.1) is 10.2 Å². The number of nitrogens with two attached hydrogens (primary N) is 1. The maximum atomic E-state index is 12.2. The number of aromatic nitrogens is 10. The molecule has 0 amide bonds. The number of nitrogen functional groups attached to an aromatic ring is 1. The van der Waals surface area contributed by atoms with Crippen LogP contribution in [-0.4, -0.2) is 61.9 Å². The standard InChI is InChI=1S/C26H28N6O2.C20H19N7/c1-16(2)18-12-24(32-29-15-18)31-23-7-6-21-22(30-23)11-19(14-28-21)17-8-9-27-20(10-17)13-25(33)34-26(3,4)5;1-12(2)14-9-20(27-24-11-14)26-19-4-3-16-17(25-19)7-15(10-23-16)13-5-6-22-18(21)8-13/h6-12,14-16H,13H2,1-5H3,(H,30,31,32);3-12H,1-2H3,(H2,21,22)(H,25,26,27). The summed E-state index contributed by atoms with van der Waals surface area (Å²) in [6, 6.07) is 23.0. The summed E-state index contributed by atoms with van der Waals surface area (Å²) in [7, 11) is 0. The highest BCUT2D eigenvalue weighted by atomic mass is 16.6. The summed E-state index contributed by atoms with van der Waals surface area (Å²) < 4.78 is 5.41. The van der Waals surface area contributed by atoms with Gasteiger partial charge in [0.15, 0.2) is 11.6 Å². The second-order valence-corrected chi connectivity index (χ2v) is 16.0. The van der Waals surface area contributed by atoms with Gasteiger partial charge < -0.3 is 21.1 Å². The fraction of sp³-hybridized carbons (Fsp3) is 0.239. The number of anilines is 5. The molecule has 0 bridgehead atoms. The number of esters is 1. The minimum absolute atomic E-state index is 0.106. The lowest BCUT2D eigenvalue weighted by atomic mass is 10.1. The smallest absolute Gasteiger partial charge is 0.312 e. The van der Waals surface area contributed by atoms with Gasteiger partial charge in [0.25, 0.3) is 0 Å². The van der Waals surface area contributed by atoms with E-state index in [1.807, 2.05) is 99.8 Å². The summed E-state index contributed by atoms with van der Waals surface area (Å²) in [5.41, 5.74) is 14.9. The topological polar surface area (TPSA) is 205 Å². The van der Waals surface area contributed by atoms with E-state index in [1.165, 1.54) is 0 Å². The maximum Gasteiger partial charge on any atom is 0.312 e. The lowest BCUT2D eigenvalue weighted by Crippen LogP contribution is -2.25. The Hall–Kier alpha value is -7.55. The number of carbonyl (C=O) groups is 1. The highest BCUT2D eigenvalue weighted by Gasteiger charge is 2.17. The van der Waals surface area contributed by atoms with E-state index in [1.54, 1.807) is 31.0 Å². The molecule has 8 aromatic heterocycles. The van der Waals surface area contributed by atoms with Crippen LogP contribution >= 0.6 is 0 Å². The molecule has 8 rings (SSSR count). The van der Waals surface area contributed by atoms with Crippen molar-refractivity contribution in [3.8, 4) is 22.3 Å². The molecule has 0 aliphatic rings. The van der Waals surface area contributed by atoms with Crippen molar-refractivity contribution in [3.05, 3.63) is 127 Å².